The lowest BCUT2D eigenvalue weighted by molar-refractivity contribution is -0.126. The van der Waals surface area contributed by atoms with Crippen molar-refractivity contribution < 1.29 is 62.9 Å². The number of rotatable bonds is 27. The van der Waals surface area contributed by atoms with Crippen molar-refractivity contribution in [3.05, 3.63) is 136 Å². The zero-order valence-electron chi connectivity index (χ0n) is 44.2. The van der Waals surface area contributed by atoms with Gasteiger partial charge >= 0.3 is 12.2 Å². The summed E-state index contributed by atoms with van der Waals surface area (Å²) in [5.41, 5.74) is 9.62. The van der Waals surface area contributed by atoms with Crippen LogP contribution >= 0.6 is 46.4 Å². The normalized spacial score (nSPS) is 17.8. The predicted octanol–water partition coefficient (Wildman–Crippen LogP) is 6.41. The number of amides is 4. The summed E-state index contributed by atoms with van der Waals surface area (Å²) in [6.07, 6.45) is -6.41. The Kier molecular flexibility index (Phi) is 21.9. The molecule has 0 aromatic heterocycles. The third-order valence-corrected chi connectivity index (χ3v) is 15.5. The Balaban J connectivity index is 0.653. The number of carbonyl (C=O) groups is 4. The number of aliphatic hydroxyl groups is 3. The lowest BCUT2D eigenvalue weighted by atomic mass is 9.84. The monoisotopic (exact) mass is 1170 g/mol. The van der Waals surface area contributed by atoms with Crippen LogP contribution in [-0.2, 0) is 54.6 Å². The number of alkyl carbamates (subject to hydrolysis) is 2. The van der Waals surface area contributed by atoms with Gasteiger partial charge < -0.3 is 74.0 Å². The van der Waals surface area contributed by atoms with E-state index in [0.29, 0.717) is 70.6 Å². The van der Waals surface area contributed by atoms with Crippen LogP contribution in [0.5, 0.6) is 0 Å². The molecule has 19 nitrogen and oxygen atoms in total. The van der Waals surface area contributed by atoms with E-state index in [0.717, 1.165) is 70.7 Å². The first-order chi connectivity index (χ1) is 38.0. The SMILES string of the molecule is CN1Cc2c(Cl)cc(Cl)cc2C(c2ccc3c(c2)C(=O)N(CCOCCOCCNC(=O)OCC(CCC(O)C(O)O)OC(=O)NCCOCCOCCN2Cc4ccc(C5CN(C)Cc6c(Cl)cc(Cl)cc65)cc4C2=O)C3)C1. The van der Waals surface area contributed by atoms with E-state index in [1.807, 2.05) is 43.4 Å². The molecule has 4 aromatic rings. The van der Waals surface area contributed by atoms with Crippen LogP contribution in [0, 0.1) is 0 Å². The van der Waals surface area contributed by atoms with E-state index in [4.69, 9.17) is 74.8 Å². The third-order valence-electron chi connectivity index (χ3n) is 14.4. The fourth-order valence-corrected chi connectivity index (χ4v) is 11.5. The molecule has 4 atom stereocenters. The summed E-state index contributed by atoms with van der Waals surface area (Å²) in [4.78, 5) is 59.9. The van der Waals surface area contributed by atoms with Gasteiger partial charge in [0.25, 0.3) is 11.8 Å². The van der Waals surface area contributed by atoms with Crippen molar-refractivity contribution in [2.75, 3.05) is 113 Å². The summed E-state index contributed by atoms with van der Waals surface area (Å²) in [7, 11) is 4.10. The van der Waals surface area contributed by atoms with E-state index < -0.39 is 30.7 Å². The number of hydrogen-bond acceptors (Lipinski definition) is 15. The number of benzene rings is 4. The fraction of sp³-hybridized carbons (Fsp3) is 0.500. The third kappa shape index (κ3) is 16.2. The number of nitrogens with one attached hydrogen (secondary N) is 2. The van der Waals surface area contributed by atoms with E-state index >= 15 is 0 Å². The minimum Gasteiger partial charge on any atom is -0.446 e. The van der Waals surface area contributed by atoms with Crippen molar-refractivity contribution >= 4 is 70.4 Å². The zero-order chi connectivity index (χ0) is 56.2. The maximum atomic E-state index is 13.4. The summed E-state index contributed by atoms with van der Waals surface area (Å²) >= 11 is 25.9. The Morgan fingerprint density at radius 2 is 1.05 bits per heavy atom. The number of aliphatic hydroxyl groups excluding tert-OH is 2. The van der Waals surface area contributed by atoms with Crippen molar-refractivity contribution in [3.63, 3.8) is 0 Å². The molecule has 0 saturated heterocycles. The van der Waals surface area contributed by atoms with Gasteiger partial charge in [-0.15, -0.1) is 0 Å². The van der Waals surface area contributed by atoms with Crippen LogP contribution in [0.1, 0.15) is 89.9 Å². The maximum Gasteiger partial charge on any atom is 0.407 e. The molecule has 0 saturated carbocycles. The van der Waals surface area contributed by atoms with Crippen LogP contribution in [0.25, 0.3) is 0 Å². The van der Waals surface area contributed by atoms with E-state index in [2.05, 4.69) is 39.6 Å². The van der Waals surface area contributed by atoms with Gasteiger partial charge in [0.15, 0.2) is 6.29 Å². The summed E-state index contributed by atoms with van der Waals surface area (Å²) in [6, 6.07) is 19.6. The first kappa shape index (κ1) is 60.3. The Morgan fingerprint density at radius 1 is 0.595 bits per heavy atom. The molecule has 4 aliphatic heterocycles. The standard InChI is InChI=1S/C56H68Cl4N6O13/c1-63-29-45(43-23-38(57)25-49(59)47(43)31-63)34-3-5-36-27-65(52(68)41(36)21-34)11-15-76-19-17-74-13-9-61-55(72)78-33-40(7-8-51(67)54(70)71)79-56(73)62-10-14-75-18-20-77-16-12-66-28-37-6-4-35(22-42(37)53(66)69)46-30-64(2)32-48-44(46)24-39(58)26-50(48)60/h3-6,21-26,40,45-46,51,54,67,70-71H,7-20,27-33H2,1-2H3,(H,61,72)(H,62,73). The molecule has 0 aliphatic carbocycles. The Bertz CT molecular complexity index is 2790. The second-order valence-electron chi connectivity index (χ2n) is 20.2. The van der Waals surface area contributed by atoms with E-state index in [1.165, 1.54) is 0 Å². The summed E-state index contributed by atoms with van der Waals surface area (Å²) in [5.74, 6) is -0.0539. The highest BCUT2D eigenvalue weighted by molar-refractivity contribution is 6.35. The second-order valence-corrected chi connectivity index (χ2v) is 21.9. The maximum absolute atomic E-state index is 13.4. The topological polar surface area (TPSA) is 221 Å². The lowest BCUT2D eigenvalue weighted by Crippen LogP contribution is -2.36. The van der Waals surface area contributed by atoms with E-state index in [9.17, 15) is 34.5 Å². The molecule has 4 aromatic carbocycles. The summed E-state index contributed by atoms with van der Waals surface area (Å²) in [6.45, 7) is 6.49. The second kappa shape index (κ2) is 28.7. The van der Waals surface area contributed by atoms with Crippen molar-refractivity contribution in [2.45, 2.75) is 69.4 Å². The Hall–Kier alpha value is -4.84. The molecule has 4 heterocycles. The highest BCUT2D eigenvalue weighted by atomic mass is 35.5. The van der Waals surface area contributed by atoms with Crippen molar-refractivity contribution in [1.29, 1.82) is 0 Å². The molecular weight excluding hydrogens is 1110 g/mol. The predicted molar refractivity (Wildman–Crippen MR) is 296 cm³/mol. The van der Waals surface area contributed by atoms with Gasteiger partial charge in [-0.05, 0) is 108 Å². The molecule has 4 aliphatic rings. The quantitative estimate of drug-likeness (QED) is 0.0322. The molecule has 0 radical (unpaired) electrons. The smallest absolute Gasteiger partial charge is 0.407 e. The van der Waals surface area contributed by atoms with Gasteiger partial charge in [-0.3, -0.25) is 9.59 Å². The van der Waals surface area contributed by atoms with Gasteiger partial charge in [-0.2, -0.15) is 0 Å². The van der Waals surface area contributed by atoms with E-state index in [1.54, 1.807) is 21.9 Å². The van der Waals surface area contributed by atoms with Gasteiger partial charge in [0.2, 0.25) is 0 Å². The number of fused-ring (bicyclic) bond motifs is 4. The van der Waals surface area contributed by atoms with Gasteiger partial charge in [-0.25, -0.2) is 9.59 Å². The van der Waals surface area contributed by atoms with Crippen LogP contribution < -0.4 is 10.6 Å². The first-order valence-electron chi connectivity index (χ1n) is 26.4. The van der Waals surface area contributed by atoms with Crippen LogP contribution in [0.3, 0.4) is 0 Å². The van der Waals surface area contributed by atoms with E-state index in [-0.39, 0.29) is 95.8 Å². The van der Waals surface area contributed by atoms with Crippen molar-refractivity contribution in [2.24, 2.45) is 0 Å². The van der Waals surface area contributed by atoms with Gasteiger partial charge in [0.1, 0.15) is 18.8 Å². The molecule has 4 amide bonds. The lowest BCUT2D eigenvalue weighted by Gasteiger charge is -2.33. The largest absolute Gasteiger partial charge is 0.446 e. The highest BCUT2D eigenvalue weighted by Crippen LogP contribution is 2.41. The first-order valence-corrected chi connectivity index (χ1v) is 27.9. The number of carbonyl (C=O) groups excluding carboxylic acids is 4. The fourth-order valence-electron chi connectivity index (χ4n) is 10.4. The van der Waals surface area contributed by atoms with Gasteiger partial charge in [0, 0.05) is 109 Å². The molecule has 8 rings (SSSR count). The summed E-state index contributed by atoms with van der Waals surface area (Å²) < 4.78 is 33.3. The average Bonchev–Trinajstić information content (AvgIpc) is 3.91. The zero-order valence-corrected chi connectivity index (χ0v) is 47.3. The number of hydrogen-bond donors (Lipinski definition) is 5. The molecule has 4 unspecified atom stereocenters. The molecule has 0 fully saturated rings. The average molecular weight is 1180 g/mol. The molecule has 79 heavy (non-hydrogen) atoms. The minimum atomic E-state index is -2.01. The van der Waals surface area contributed by atoms with Gasteiger partial charge in [0.05, 0.1) is 52.9 Å². The molecule has 428 valence electrons. The molecular formula is C56H68Cl4N6O13. The Morgan fingerprint density at radius 3 is 1.52 bits per heavy atom. The number of halogens is 4. The van der Waals surface area contributed by atoms with Crippen molar-refractivity contribution in [3.8, 4) is 0 Å². The summed E-state index contributed by atoms with van der Waals surface area (Å²) in [5, 5.41) is 36.1. The van der Waals surface area contributed by atoms with Crippen molar-refractivity contribution in [1.82, 2.24) is 30.2 Å². The molecule has 5 N–H and O–H groups in total. The molecule has 23 heteroatoms. The van der Waals surface area contributed by atoms with Crippen LogP contribution in [0.2, 0.25) is 20.1 Å². The number of likely N-dealkylation sites (N-methyl/N-ethyl adjacent to an activating group) is 2. The highest BCUT2D eigenvalue weighted by Gasteiger charge is 2.34. The van der Waals surface area contributed by atoms with Crippen LogP contribution in [0.15, 0.2) is 60.7 Å². The number of ether oxygens (including phenoxy) is 6. The van der Waals surface area contributed by atoms with Gasteiger partial charge in [-0.1, -0.05) is 70.7 Å². The minimum absolute atomic E-state index is 0.0211. The molecule has 0 spiro atoms. The van der Waals surface area contributed by atoms with Crippen LogP contribution in [0.4, 0.5) is 9.59 Å². The Labute approximate surface area is 479 Å². The van der Waals surface area contributed by atoms with Crippen LogP contribution in [-0.4, -0.2) is 190 Å². The number of nitrogens with zero attached hydrogens (tertiary/aromatic N) is 4. The molecule has 0 bridgehead atoms.